The Labute approximate surface area is 125 Å². The van der Waals surface area contributed by atoms with E-state index in [4.69, 9.17) is 16.7 Å². The van der Waals surface area contributed by atoms with Crippen LogP contribution in [0.15, 0.2) is 24.3 Å². The van der Waals surface area contributed by atoms with Gasteiger partial charge in [-0.05, 0) is 18.1 Å². The number of rotatable bonds is 6. The summed E-state index contributed by atoms with van der Waals surface area (Å²) in [4.78, 5) is 11.8. The van der Waals surface area contributed by atoms with Gasteiger partial charge in [0.05, 0.1) is 12.6 Å². The minimum absolute atomic E-state index is 0.0577. The van der Waals surface area contributed by atoms with E-state index in [0.717, 1.165) is 5.56 Å². The van der Waals surface area contributed by atoms with Crippen molar-refractivity contribution in [3.8, 4) is 0 Å². The maximum atomic E-state index is 11.8. The number of benzene rings is 1. The van der Waals surface area contributed by atoms with Gasteiger partial charge in [-0.25, -0.2) is 4.79 Å². The first-order chi connectivity index (χ1) is 9.40. The van der Waals surface area contributed by atoms with Gasteiger partial charge in [-0.15, -0.1) is 0 Å². The van der Waals surface area contributed by atoms with Crippen molar-refractivity contribution in [1.82, 2.24) is 10.6 Å². The van der Waals surface area contributed by atoms with Gasteiger partial charge in [-0.2, -0.15) is 0 Å². The van der Waals surface area contributed by atoms with Gasteiger partial charge in [0.25, 0.3) is 0 Å². The molecule has 0 saturated heterocycles. The zero-order valence-electron chi connectivity index (χ0n) is 12.2. The van der Waals surface area contributed by atoms with Crippen LogP contribution in [0.3, 0.4) is 0 Å². The fraction of sp³-hybridized carbons (Fsp3) is 0.533. The highest BCUT2D eigenvalue weighted by Crippen LogP contribution is 2.28. The molecule has 0 bridgehead atoms. The summed E-state index contributed by atoms with van der Waals surface area (Å²) in [6, 6.07) is 7.14. The van der Waals surface area contributed by atoms with Crippen LogP contribution in [0.25, 0.3) is 0 Å². The number of aliphatic hydroxyl groups excluding tert-OH is 1. The molecule has 0 fully saturated rings. The molecule has 4 nitrogen and oxygen atoms in total. The first-order valence-electron chi connectivity index (χ1n) is 6.81. The number of amides is 2. The maximum Gasteiger partial charge on any atom is 0.315 e. The Hall–Kier alpha value is -1.26. The average molecular weight is 299 g/mol. The second-order valence-corrected chi connectivity index (χ2v) is 5.89. The Bertz CT molecular complexity index is 445. The molecule has 3 N–H and O–H groups in total. The molecule has 1 unspecified atom stereocenters. The lowest BCUT2D eigenvalue weighted by Crippen LogP contribution is -2.47. The zero-order chi connectivity index (χ0) is 15.2. The van der Waals surface area contributed by atoms with Crippen molar-refractivity contribution in [2.24, 2.45) is 0 Å². The van der Waals surface area contributed by atoms with Crippen LogP contribution < -0.4 is 10.6 Å². The standard InChI is InChI=1S/C15H23ClN2O2/c1-4-11(9-19)18-14(20)17-10-15(2,3)12-7-5-6-8-13(12)16/h5-8,11,19H,4,9-10H2,1-3H3,(H2,17,18,20). The van der Waals surface area contributed by atoms with Crippen LogP contribution in [0, 0.1) is 0 Å². The Morgan fingerprint density at radius 1 is 1.40 bits per heavy atom. The van der Waals surface area contributed by atoms with E-state index in [9.17, 15) is 4.79 Å². The lowest BCUT2D eigenvalue weighted by atomic mass is 9.84. The number of carbonyl (C=O) groups is 1. The van der Waals surface area contributed by atoms with Crippen molar-refractivity contribution in [1.29, 1.82) is 0 Å². The number of halogens is 1. The van der Waals surface area contributed by atoms with E-state index in [1.165, 1.54) is 0 Å². The molecule has 1 aromatic rings. The van der Waals surface area contributed by atoms with Crippen LogP contribution in [-0.2, 0) is 5.41 Å². The lowest BCUT2D eigenvalue weighted by molar-refractivity contribution is 0.213. The number of hydrogen-bond acceptors (Lipinski definition) is 2. The zero-order valence-corrected chi connectivity index (χ0v) is 13.0. The number of carbonyl (C=O) groups excluding carboxylic acids is 1. The highest BCUT2D eigenvalue weighted by molar-refractivity contribution is 6.31. The van der Waals surface area contributed by atoms with Gasteiger partial charge in [0, 0.05) is 17.0 Å². The second-order valence-electron chi connectivity index (χ2n) is 5.48. The van der Waals surface area contributed by atoms with Crippen molar-refractivity contribution in [2.75, 3.05) is 13.2 Å². The van der Waals surface area contributed by atoms with Gasteiger partial charge in [0.15, 0.2) is 0 Å². The molecule has 0 aromatic heterocycles. The quantitative estimate of drug-likeness (QED) is 0.756. The Balaban J connectivity index is 2.60. The molecule has 0 spiro atoms. The first-order valence-corrected chi connectivity index (χ1v) is 7.18. The fourth-order valence-electron chi connectivity index (χ4n) is 1.92. The Morgan fingerprint density at radius 2 is 2.05 bits per heavy atom. The molecule has 0 saturated carbocycles. The maximum absolute atomic E-state index is 11.8. The van der Waals surface area contributed by atoms with Crippen LogP contribution in [0.5, 0.6) is 0 Å². The van der Waals surface area contributed by atoms with Crippen LogP contribution in [0.1, 0.15) is 32.8 Å². The number of nitrogens with one attached hydrogen (secondary N) is 2. The monoisotopic (exact) mass is 298 g/mol. The molecule has 2 amide bonds. The molecule has 0 heterocycles. The number of aliphatic hydroxyl groups is 1. The molecule has 0 aliphatic carbocycles. The topological polar surface area (TPSA) is 61.4 Å². The summed E-state index contributed by atoms with van der Waals surface area (Å²) in [5, 5.41) is 15.3. The predicted molar refractivity (Wildman–Crippen MR) is 82.2 cm³/mol. The molecular weight excluding hydrogens is 276 g/mol. The Kier molecular flexibility index (Phi) is 6.30. The van der Waals surface area contributed by atoms with Gasteiger partial charge in [-0.1, -0.05) is 50.6 Å². The highest BCUT2D eigenvalue weighted by atomic mass is 35.5. The number of hydrogen-bond donors (Lipinski definition) is 3. The van der Waals surface area contributed by atoms with Crippen molar-refractivity contribution >= 4 is 17.6 Å². The van der Waals surface area contributed by atoms with Crippen molar-refractivity contribution < 1.29 is 9.90 Å². The van der Waals surface area contributed by atoms with E-state index in [1.54, 1.807) is 0 Å². The van der Waals surface area contributed by atoms with E-state index >= 15 is 0 Å². The number of urea groups is 1. The SMILES string of the molecule is CCC(CO)NC(=O)NCC(C)(C)c1ccccc1Cl. The van der Waals surface area contributed by atoms with Crippen LogP contribution in [0.2, 0.25) is 5.02 Å². The van der Waals surface area contributed by atoms with Gasteiger partial charge >= 0.3 is 6.03 Å². The smallest absolute Gasteiger partial charge is 0.315 e. The molecule has 0 radical (unpaired) electrons. The summed E-state index contributed by atoms with van der Waals surface area (Å²) in [6.07, 6.45) is 0.692. The van der Waals surface area contributed by atoms with Crippen LogP contribution in [0.4, 0.5) is 4.79 Å². The molecule has 1 aromatic carbocycles. The first kappa shape index (κ1) is 16.8. The summed E-state index contributed by atoms with van der Waals surface area (Å²) >= 11 is 6.19. The molecular formula is C15H23ClN2O2. The molecule has 20 heavy (non-hydrogen) atoms. The van der Waals surface area contributed by atoms with Crippen LogP contribution >= 0.6 is 11.6 Å². The van der Waals surface area contributed by atoms with E-state index in [0.29, 0.717) is 18.0 Å². The van der Waals surface area contributed by atoms with E-state index in [-0.39, 0.29) is 24.1 Å². The normalized spacial score (nSPS) is 12.8. The lowest BCUT2D eigenvalue weighted by Gasteiger charge is -2.27. The van der Waals surface area contributed by atoms with Crippen LogP contribution in [-0.4, -0.2) is 30.3 Å². The average Bonchev–Trinajstić information content (AvgIpc) is 2.43. The summed E-state index contributed by atoms with van der Waals surface area (Å²) in [5.74, 6) is 0. The van der Waals surface area contributed by atoms with Crippen molar-refractivity contribution in [2.45, 2.75) is 38.6 Å². The minimum atomic E-state index is -0.272. The van der Waals surface area contributed by atoms with E-state index in [1.807, 2.05) is 45.0 Å². The molecule has 1 rings (SSSR count). The van der Waals surface area contributed by atoms with Crippen molar-refractivity contribution in [3.05, 3.63) is 34.9 Å². The molecule has 5 heteroatoms. The summed E-state index contributed by atoms with van der Waals surface area (Å²) < 4.78 is 0. The third-order valence-corrected chi connectivity index (χ3v) is 3.67. The molecule has 112 valence electrons. The minimum Gasteiger partial charge on any atom is -0.394 e. The predicted octanol–water partition coefficient (Wildman–Crippen LogP) is 2.69. The molecule has 1 atom stereocenters. The third-order valence-electron chi connectivity index (χ3n) is 3.34. The van der Waals surface area contributed by atoms with Gasteiger partial charge in [-0.3, -0.25) is 0 Å². The van der Waals surface area contributed by atoms with E-state index < -0.39 is 0 Å². The third kappa shape index (κ3) is 4.69. The summed E-state index contributed by atoms with van der Waals surface area (Å²) in [6.45, 7) is 6.37. The highest BCUT2D eigenvalue weighted by Gasteiger charge is 2.24. The van der Waals surface area contributed by atoms with Gasteiger partial charge in [0.1, 0.15) is 0 Å². The van der Waals surface area contributed by atoms with E-state index in [2.05, 4.69) is 10.6 Å². The second kappa shape index (κ2) is 7.50. The van der Waals surface area contributed by atoms with Gasteiger partial charge in [0.2, 0.25) is 0 Å². The Morgan fingerprint density at radius 3 is 2.60 bits per heavy atom. The van der Waals surface area contributed by atoms with Gasteiger partial charge < -0.3 is 15.7 Å². The fourth-order valence-corrected chi connectivity index (χ4v) is 2.31. The summed E-state index contributed by atoms with van der Waals surface area (Å²) in [7, 11) is 0. The molecule has 0 aliphatic rings. The van der Waals surface area contributed by atoms with Crippen molar-refractivity contribution in [3.63, 3.8) is 0 Å². The molecule has 0 aliphatic heterocycles. The summed E-state index contributed by atoms with van der Waals surface area (Å²) in [5.41, 5.74) is 0.729. The largest absolute Gasteiger partial charge is 0.394 e.